The molecule has 3 rings (SSSR count). The molecule has 0 bridgehead atoms. The Morgan fingerprint density at radius 1 is 1.15 bits per heavy atom. The van der Waals surface area contributed by atoms with Gasteiger partial charge in [-0.1, -0.05) is 31.2 Å². The molecule has 3 amide bonds. The monoisotopic (exact) mass is 473 g/mol. The zero-order valence-corrected chi connectivity index (χ0v) is 19.6. The Bertz CT molecular complexity index is 1160. The molecule has 0 saturated heterocycles. The molecule has 9 nitrogen and oxygen atoms in total. The van der Waals surface area contributed by atoms with Crippen molar-refractivity contribution in [1.82, 2.24) is 14.5 Å². The third-order valence-corrected chi connectivity index (χ3v) is 7.18. The number of carbonyl (C=O) groups excluding carboxylic acids is 3. The summed E-state index contributed by atoms with van der Waals surface area (Å²) in [6, 6.07) is 11.9. The van der Waals surface area contributed by atoms with Gasteiger partial charge in [0.25, 0.3) is 15.9 Å². The summed E-state index contributed by atoms with van der Waals surface area (Å²) in [5.41, 5.74) is 0.718. The number of amides is 3. The van der Waals surface area contributed by atoms with Gasteiger partial charge in [0.15, 0.2) is 0 Å². The van der Waals surface area contributed by atoms with Crippen LogP contribution < -0.4 is 10.1 Å². The number of ether oxygens (including phenoxy) is 1. The standard InChI is InChI=1S/C23H27N3O6S/c1-4-12-24-22(28)16(2)25(14-17-8-7-9-18(13-17)32-3)21(27)15-26-23(29)19-10-5-6-11-20(19)33(26,30)31/h5-11,13,16H,4,12,14-15H2,1-3H3,(H,24,28)/t16-/m0/s1. The van der Waals surface area contributed by atoms with E-state index in [0.717, 1.165) is 6.42 Å². The summed E-state index contributed by atoms with van der Waals surface area (Å²) >= 11 is 0. The fourth-order valence-corrected chi connectivity index (χ4v) is 5.07. The van der Waals surface area contributed by atoms with Gasteiger partial charge < -0.3 is 15.0 Å². The Labute approximate surface area is 193 Å². The SMILES string of the molecule is CCCNC(=O)[C@H](C)N(Cc1cccc(OC)c1)C(=O)CN1C(=O)c2ccccc2S1(=O)=O. The number of nitrogens with one attached hydrogen (secondary N) is 1. The number of hydrogen-bond donors (Lipinski definition) is 1. The number of nitrogens with zero attached hydrogens (tertiary/aromatic N) is 2. The average molecular weight is 474 g/mol. The number of benzene rings is 2. The van der Waals surface area contributed by atoms with Crippen molar-refractivity contribution in [1.29, 1.82) is 0 Å². The van der Waals surface area contributed by atoms with Crippen LogP contribution in [0.25, 0.3) is 0 Å². The molecule has 2 aromatic rings. The first-order valence-corrected chi connectivity index (χ1v) is 12.0. The molecule has 1 aliphatic rings. The quantitative estimate of drug-likeness (QED) is 0.594. The van der Waals surface area contributed by atoms with E-state index in [0.29, 0.717) is 22.2 Å². The highest BCUT2D eigenvalue weighted by molar-refractivity contribution is 7.90. The summed E-state index contributed by atoms with van der Waals surface area (Å²) < 4.78 is 31.5. The first-order valence-electron chi connectivity index (χ1n) is 10.6. The fraction of sp³-hybridized carbons (Fsp3) is 0.348. The molecule has 0 aromatic heterocycles. The van der Waals surface area contributed by atoms with Crippen molar-refractivity contribution in [3.8, 4) is 5.75 Å². The predicted molar refractivity (Wildman–Crippen MR) is 121 cm³/mol. The lowest BCUT2D eigenvalue weighted by molar-refractivity contribution is -0.140. The molecular weight excluding hydrogens is 446 g/mol. The van der Waals surface area contributed by atoms with Gasteiger partial charge in [0, 0.05) is 13.1 Å². The van der Waals surface area contributed by atoms with Crippen LogP contribution in [0.1, 0.15) is 36.2 Å². The molecule has 1 aliphatic heterocycles. The van der Waals surface area contributed by atoms with E-state index in [1.807, 2.05) is 6.92 Å². The number of methoxy groups -OCH3 is 1. The van der Waals surface area contributed by atoms with Crippen LogP contribution in [0.4, 0.5) is 0 Å². The van der Waals surface area contributed by atoms with Crippen LogP contribution >= 0.6 is 0 Å². The first-order chi connectivity index (χ1) is 15.7. The zero-order valence-electron chi connectivity index (χ0n) is 18.8. The second kappa shape index (κ2) is 10.0. The van der Waals surface area contributed by atoms with E-state index >= 15 is 0 Å². The third-order valence-electron chi connectivity index (χ3n) is 5.39. The summed E-state index contributed by atoms with van der Waals surface area (Å²) in [6.07, 6.45) is 0.723. The molecule has 0 unspecified atom stereocenters. The molecule has 10 heteroatoms. The molecule has 33 heavy (non-hydrogen) atoms. The zero-order chi connectivity index (χ0) is 24.2. The van der Waals surface area contributed by atoms with E-state index in [2.05, 4.69) is 5.32 Å². The van der Waals surface area contributed by atoms with Gasteiger partial charge in [-0.05, 0) is 43.2 Å². The second-order valence-electron chi connectivity index (χ2n) is 7.65. The Morgan fingerprint density at radius 3 is 2.55 bits per heavy atom. The van der Waals surface area contributed by atoms with Crippen LogP contribution in [0, 0.1) is 0 Å². The van der Waals surface area contributed by atoms with Gasteiger partial charge >= 0.3 is 0 Å². The number of sulfonamides is 1. The summed E-state index contributed by atoms with van der Waals surface area (Å²) in [5, 5.41) is 2.75. The first kappa shape index (κ1) is 24.2. The van der Waals surface area contributed by atoms with E-state index in [4.69, 9.17) is 4.74 Å². The van der Waals surface area contributed by atoms with Gasteiger partial charge in [-0.15, -0.1) is 0 Å². The van der Waals surface area contributed by atoms with Crippen molar-refractivity contribution in [3.05, 3.63) is 59.7 Å². The Morgan fingerprint density at radius 2 is 1.88 bits per heavy atom. The maximum atomic E-state index is 13.3. The van der Waals surface area contributed by atoms with Crippen molar-refractivity contribution in [2.24, 2.45) is 0 Å². The third kappa shape index (κ3) is 5.00. The maximum Gasteiger partial charge on any atom is 0.269 e. The van der Waals surface area contributed by atoms with E-state index in [-0.39, 0.29) is 22.9 Å². The lowest BCUT2D eigenvalue weighted by atomic mass is 10.1. The van der Waals surface area contributed by atoms with Gasteiger partial charge in [-0.3, -0.25) is 14.4 Å². The van der Waals surface area contributed by atoms with Crippen LogP contribution in [0.3, 0.4) is 0 Å². The normalized spacial score (nSPS) is 15.0. The molecule has 0 aliphatic carbocycles. The minimum absolute atomic E-state index is 0.0263. The summed E-state index contributed by atoms with van der Waals surface area (Å²) in [6.45, 7) is 3.25. The van der Waals surface area contributed by atoms with E-state index < -0.39 is 34.4 Å². The highest BCUT2D eigenvalue weighted by atomic mass is 32.2. The molecule has 176 valence electrons. The number of hydrogen-bond acceptors (Lipinski definition) is 6. The van der Waals surface area contributed by atoms with E-state index in [1.165, 1.54) is 30.2 Å². The van der Waals surface area contributed by atoms with Gasteiger partial charge in [-0.2, -0.15) is 0 Å². The van der Waals surface area contributed by atoms with Crippen molar-refractivity contribution >= 4 is 27.7 Å². The van der Waals surface area contributed by atoms with E-state index in [1.54, 1.807) is 37.3 Å². The lowest BCUT2D eigenvalue weighted by Gasteiger charge is -2.30. The molecule has 2 aromatic carbocycles. The lowest BCUT2D eigenvalue weighted by Crippen LogP contribution is -2.51. The van der Waals surface area contributed by atoms with Crippen molar-refractivity contribution in [2.75, 3.05) is 20.2 Å². The number of rotatable bonds is 9. The summed E-state index contributed by atoms with van der Waals surface area (Å²) in [4.78, 5) is 39.8. The highest BCUT2D eigenvalue weighted by Gasteiger charge is 2.43. The number of fused-ring (bicyclic) bond motifs is 1. The minimum atomic E-state index is -4.15. The second-order valence-corrected chi connectivity index (χ2v) is 9.48. The highest BCUT2D eigenvalue weighted by Crippen LogP contribution is 2.30. The Hall–Kier alpha value is -3.40. The summed E-state index contributed by atoms with van der Waals surface area (Å²) in [7, 11) is -2.63. The fourth-order valence-electron chi connectivity index (χ4n) is 3.55. The maximum absolute atomic E-state index is 13.3. The van der Waals surface area contributed by atoms with Gasteiger partial charge in [-0.25, -0.2) is 12.7 Å². The molecule has 0 saturated carbocycles. The molecular formula is C23H27N3O6S. The molecule has 1 N–H and O–H groups in total. The average Bonchev–Trinajstić information content (AvgIpc) is 3.01. The summed E-state index contributed by atoms with van der Waals surface area (Å²) in [5.74, 6) is -1.22. The van der Waals surface area contributed by atoms with Crippen LogP contribution in [-0.2, 0) is 26.2 Å². The topological polar surface area (TPSA) is 113 Å². The van der Waals surface area contributed by atoms with Gasteiger partial charge in [0.2, 0.25) is 11.8 Å². The minimum Gasteiger partial charge on any atom is -0.497 e. The van der Waals surface area contributed by atoms with Crippen LogP contribution in [0.5, 0.6) is 5.75 Å². The van der Waals surface area contributed by atoms with Crippen molar-refractivity contribution < 1.29 is 27.5 Å². The predicted octanol–water partition coefficient (Wildman–Crippen LogP) is 1.78. The largest absolute Gasteiger partial charge is 0.497 e. The van der Waals surface area contributed by atoms with Crippen molar-refractivity contribution in [3.63, 3.8) is 0 Å². The van der Waals surface area contributed by atoms with Crippen LogP contribution in [0.15, 0.2) is 53.4 Å². The van der Waals surface area contributed by atoms with E-state index in [9.17, 15) is 22.8 Å². The molecule has 0 fully saturated rings. The smallest absolute Gasteiger partial charge is 0.269 e. The van der Waals surface area contributed by atoms with Gasteiger partial charge in [0.05, 0.1) is 12.7 Å². The van der Waals surface area contributed by atoms with Crippen LogP contribution in [-0.4, -0.2) is 61.6 Å². The molecule has 0 spiro atoms. The Kier molecular flexibility index (Phi) is 7.37. The molecule has 1 heterocycles. The van der Waals surface area contributed by atoms with Gasteiger partial charge in [0.1, 0.15) is 23.2 Å². The molecule has 1 atom stereocenters. The van der Waals surface area contributed by atoms with Crippen LogP contribution in [0.2, 0.25) is 0 Å². The Balaban J connectivity index is 1.89. The van der Waals surface area contributed by atoms with Crippen molar-refractivity contribution in [2.45, 2.75) is 37.8 Å². The molecule has 0 radical (unpaired) electrons. The number of carbonyl (C=O) groups is 3.